The van der Waals surface area contributed by atoms with Gasteiger partial charge in [0.25, 0.3) is 0 Å². The molecule has 1 saturated heterocycles. The maximum absolute atomic E-state index is 15.5. The number of piperazine rings is 1. The second kappa shape index (κ2) is 10.7. The summed E-state index contributed by atoms with van der Waals surface area (Å²) in [7, 11) is 0. The minimum Gasteiger partial charge on any atom is -0.449 e. The van der Waals surface area contributed by atoms with E-state index in [2.05, 4.69) is 10.1 Å². The van der Waals surface area contributed by atoms with Crippen LogP contribution in [0.4, 0.5) is 25.0 Å². The minimum absolute atomic E-state index is 0.0262. The fraction of sp³-hybridized carbons (Fsp3) is 0.172. The summed E-state index contributed by atoms with van der Waals surface area (Å²) in [6, 6.07) is 16.6. The molecule has 0 aliphatic carbocycles. The van der Waals surface area contributed by atoms with E-state index in [1.165, 1.54) is 18.6 Å². The molecule has 3 heterocycles. The van der Waals surface area contributed by atoms with Gasteiger partial charge in [0.2, 0.25) is 5.43 Å². The highest BCUT2D eigenvalue weighted by Gasteiger charge is 2.24. The smallest absolute Gasteiger partial charge is 0.449 e. The van der Waals surface area contributed by atoms with Crippen LogP contribution in [0.5, 0.6) is 5.75 Å². The van der Waals surface area contributed by atoms with Gasteiger partial charge in [0.15, 0.2) is 5.75 Å². The van der Waals surface area contributed by atoms with Crippen LogP contribution in [-0.4, -0.2) is 56.8 Å². The third-order valence-corrected chi connectivity index (χ3v) is 7.08. The van der Waals surface area contributed by atoms with Gasteiger partial charge in [0.1, 0.15) is 24.3 Å². The Hall–Kier alpha value is -5.26. The van der Waals surface area contributed by atoms with E-state index in [1.807, 2.05) is 21.9 Å². The Labute approximate surface area is 232 Å². The van der Waals surface area contributed by atoms with Gasteiger partial charge >= 0.3 is 6.16 Å². The van der Waals surface area contributed by atoms with Crippen LogP contribution in [0.3, 0.4) is 0 Å². The lowest BCUT2D eigenvalue weighted by molar-refractivity contribution is 0.144. The van der Waals surface area contributed by atoms with Crippen LogP contribution in [0.2, 0.25) is 0 Å². The molecule has 5 aromatic rings. The van der Waals surface area contributed by atoms with Crippen molar-refractivity contribution in [2.45, 2.75) is 6.54 Å². The van der Waals surface area contributed by atoms with Crippen molar-refractivity contribution < 1.29 is 23.4 Å². The zero-order valence-electron chi connectivity index (χ0n) is 21.7. The summed E-state index contributed by atoms with van der Waals surface area (Å²) in [6.07, 6.45) is 2.69. The Morgan fingerprint density at radius 3 is 2.29 bits per heavy atom. The lowest BCUT2D eigenvalue weighted by Gasteiger charge is -2.37. The molecule has 41 heavy (non-hydrogen) atoms. The van der Waals surface area contributed by atoms with Crippen molar-refractivity contribution in [2.24, 2.45) is 0 Å². The van der Waals surface area contributed by atoms with Crippen molar-refractivity contribution in [3.05, 3.63) is 107 Å². The van der Waals surface area contributed by atoms with Crippen LogP contribution in [0, 0.1) is 11.6 Å². The monoisotopic (exact) mass is 558 g/mol. The molecule has 1 aliphatic rings. The number of rotatable bonds is 6. The van der Waals surface area contributed by atoms with Crippen LogP contribution in [0.25, 0.3) is 16.6 Å². The van der Waals surface area contributed by atoms with E-state index < -0.39 is 23.2 Å². The number of para-hydroxylation sites is 1. The van der Waals surface area contributed by atoms with Crippen molar-refractivity contribution in [2.75, 3.05) is 36.0 Å². The molecular formula is C29H24F2N6O4. The Bertz CT molecular complexity index is 1780. The molecule has 1 fully saturated rings. The van der Waals surface area contributed by atoms with Gasteiger partial charge in [-0.2, -0.15) is 5.10 Å². The highest BCUT2D eigenvalue weighted by atomic mass is 19.1. The first kappa shape index (κ1) is 26.0. The minimum atomic E-state index is -1.65. The molecule has 0 radical (unpaired) electrons. The number of aromatic nitrogens is 4. The zero-order valence-corrected chi connectivity index (χ0v) is 21.7. The summed E-state index contributed by atoms with van der Waals surface area (Å²) in [5.74, 6) is -1.38. The number of anilines is 2. The number of nitrogens with zero attached hydrogens (tertiary/aromatic N) is 6. The molecule has 12 heteroatoms. The number of fused-ring (bicyclic) bond motifs is 1. The van der Waals surface area contributed by atoms with Gasteiger partial charge in [-0.1, -0.05) is 24.3 Å². The number of carbonyl (C=O) groups is 1. The van der Waals surface area contributed by atoms with Gasteiger partial charge in [-0.3, -0.25) is 4.79 Å². The number of hydrogen-bond acceptors (Lipinski definition) is 7. The average molecular weight is 559 g/mol. The number of hydrogen-bond donors (Lipinski definition) is 1. The summed E-state index contributed by atoms with van der Waals surface area (Å²) >= 11 is 0. The third kappa shape index (κ3) is 5.19. The molecule has 0 saturated carbocycles. The molecule has 0 unspecified atom stereocenters. The molecule has 0 spiro atoms. The summed E-state index contributed by atoms with van der Waals surface area (Å²) in [5.41, 5.74) is 1.97. The second-order valence-electron chi connectivity index (χ2n) is 9.57. The summed E-state index contributed by atoms with van der Waals surface area (Å²) in [4.78, 5) is 32.1. The van der Waals surface area contributed by atoms with Gasteiger partial charge in [-0.25, -0.2) is 23.2 Å². The highest BCUT2D eigenvalue weighted by molar-refractivity contribution is 5.86. The van der Waals surface area contributed by atoms with E-state index >= 15 is 4.39 Å². The molecule has 1 aliphatic heterocycles. The Morgan fingerprint density at radius 1 is 0.927 bits per heavy atom. The Kier molecular flexibility index (Phi) is 6.79. The predicted molar refractivity (Wildman–Crippen MR) is 148 cm³/mol. The Morgan fingerprint density at radius 2 is 1.63 bits per heavy atom. The molecule has 10 nitrogen and oxygen atoms in total. The van der Waals surface area contributed by atoms with Crippen molar-refractivity contribution >= 4 is 28.4 Å². The van der Waals surface area contributed by atoms with Gasteiger partial charge in [-0.05, 0) is 42.0 Å². The lowest BCUT2D eigenvalue weighted by Crippen LogP contribution is -2.47. The zero-order chi connectivity index (χ0) is 28.5. The SMILES string of the molecule is O=C(O)Oc1cn(-c2ccc(Cn3cncn3)cc2)c2cc(N3CCN(c4ccccc4F)CC3)c(F)cc2c1=O. The van der Waals surface area contributed by atoms with E-state index in [1.54, 1.807) is 52.0 Å². The van der Waals surface area contributed by atoms with Crippen molar-refractivity contribution in [1.82, 2.24) is 19.3 Å². The molecule has 3 aromatic carbocycles. The predicted octanol–water partition coefficient (Wildman–Crippen LogP) is 4.29. The average Bonchev–Trinajstić information content (AvgIpc) is 3.48. The number of benzene rings is 3. The number of ether oxygens (including phenoxy) is 1. The van der Waals surface area contributed by atoms with E-state index in [0.717, 1.165) is 11.6 Å². The van der Waals surface area contributed by atoms with E-state index in [9.17, 15) is 19.1 Å². The van der Waals surface area contributed by atoms with Crippen LogP contribution in [-0.2, 0) is 6.54 Å². The molecule has 208 valence electrons. The molecule has 0 amide bonds. The standard InChI is InChI=1S/C29H24F2N6O4/c30-22-3-1-2-4-24(22)34-9-11-35(12-10-34)26-14-25-21(13-23(26)31)28(38)27(41-29(39)40)16-37(25)20-7-5-19(6-8-20)15-36-18-32-17-33-36/h1-8,13-14,16-18H,9-12,15H2,(H,39,40). The molecule has 0 atom stereocenters. The largest absolute Gasteiger partial charge is 0.511 e. The first-order chi connectivity index (χ1) is 19.9. The van der Waals surface area contributed by atoms with Gasteiger partial charge in [0.05, 0.1) is 35.0 Å². The number of carboxylic acid groups (broad SMARTS) is 1. The second-order valence-corrected chi connectivity index (χ2v) is 9.57. The molecule has 1 N–H and O–H groups in total. The van der Waals surface area contributed by atoms with Gasteiger partial charge in [-0.15, -0.1) is 0 Å². The molecule has 6 rings (SSSR count). The van der Waals surface area contributed by atoms with Gasteiger partial charge < -0.3 is 24.2 Å². The molecule has 2 aromatic heterocycles. The maximum Gasteiger partial charge on any atom is 0.511 e. The topological polar surface area (TPSA) is 106 Å². The fourth-order valence-corrected chi connectivity index (χ4v) is 5.09. The van der Waals surface area contributed by atoms with Gasteiger partial charge in [0, 0.05) is 31.9 Å². The molecule has 0 bridgehead atoms. The Balaban J connectivity index is 1.37. The normalized spacial score (nSPS) is 13.5. The fourth-order valence-electron chi connectivity index (χ4n) is 5.09. The molecular weight excluding hydrogens is 534 g/mol. The third-order valence-electron chi connectivity index (χ3n) is 7.08. The van der Waals surface area contributed by atoms with E-state index in [4.69, 9.17) is 4.74 Å². The van der Waals surface area contributed by atoms with E-state index in [-0.39, 0.29) is 16.9 Å². The highest BCUT2D eigenvalue weighted by Crippen LogP contribution is 2.30. The maximum atomic E-state index is 15.5. The number of pyridine rings is 1. The lowest BCUT2D eigenvalue weighted by atomic mass is 10.1. The van der Waals surface area contributed by atoms with E-state index in [0.29, 0.717) is 49.6 Å². The van der Waals surface area contributed by atoms with Crippen LogP contribution < -0.4 is 20.0 Å². The van der Waals surface area contributed by atoms with Crippen LogP contribution in [0.15, 0.2) is 84.3 Å². The first-order valence-electron chi connectivity index (χ1n) is 12.8. The summed E-state index contributed by atoms with van der Waals surface area (Å²) < 4.78 is 37.8. The van der Waals surface area contributed by atoms with Crippen molar-refractivity contribution in [3.8, 4) is 11.4 Å². The quantitative estimate of drug-likeness (QED) is 0.308. The summed E-state index contributed by atoms with van der Waals surface area (Å²) in [5, 5.41) is 13.3. The van der Waals surface area contributed by atoms with Crippen LogP contribution in [0.1, 0.15) is 5.56 Å². The van der Waals surface area contributed by atoms with Crippen LogP contribution >= 0.6 is 0 Å². The number of halogens is 2. The first-order valence-corrected chi connectivity index (χ1v) is 12.8. The van der Waals surface area contributed by atoms with Crippen molar-refractivity contribution in [3.63, 3.8) is 0 Å². The summed E-state index contributed by atoms with van der Waals surface area (Å²) in [6.45, 7) is 2.30. The van der Waals surface area contributed by atoms with Crippen molar-refractivity contribution in [1.29, 1.82) is 0 Å².